The molecule has 8 heteroatoms. The molecule has 2 aliphatic rings. The van der Waals surface area contributed by atoms with Gasteiger partial charge in [0.2, 0.25) is 0 Å². The van der Waals surface area contributed by atoms with Crippen LogP contribution in [0.25, 0.3) is 0 Å². The van der Waals surface area contributed by atoms with Crippen molar-refractivity contribution in [2.45, 2.75) is 63.5 Å². The molecule has 0 radical (unpaired) electrons. The molecule has 0 spiro atoms. The summed E-state index contributed by atoms with van der Waals surface area (Å²) in [6, 6.07) is 8.87. The van der Waals surface area contributed by atoms with Gasteiger partial charge in [-0.25, -0.2) is 9.67 Å². The maximum atomic E-state index is 4.68. The number of fused-ring (bicyclic) bond motifs is 1. The standard InChI is InChI=1S/C21H29BrN6.HI/c1-14(2)19-26-18-9-8-15(12-28(18)27-19)25-20(23-3)24-13-21(10-11-21)16-6-4-5-7-17(16)22;/h4-7,14-15H,8-13H2,1-3H3,(H2,23,24,25);1H. The molecular formula is C21H30BrIN6. The average Bonchev–Trinajstić information content (AvgIpc) is 3.35. The summed E-state index contributed by atoms with van der Waals surface area (Å²) in [4.78, 5) is 9.13. The van der Waals surface area contributed by atoms with Gasteiger partial charge in [0.1, 0.15) is 5.82 Å². The zero-order valence-electron chi connectivity index (χ0n) is 17.3. The van der Waals surface area contributed by atoms with Crippen molar-refractivity contribution < 1.29 is 0 Å². The Hall–Kier alpha value is -1.16. The first-order valence-electron chi connectivity index (χ1n) is 10.2. The van der Waals surface area contributed by atoms with Crippen LogP contribution < -0.4 is 10.6 Å². The van der Waals surface area contributed by atoms with Gasteiger partial charge in [-0.1, -0.05) is 48.0 Å². The smallest absolute Gasteiger partial charge is 0.191 e. The Morgan fingerprint density at radius 1 is 1.34 bits per heavy atom. The van der Waals surface area contributed by atoms with Crippen molar-refractivity contribution in [3.8, 4) is 0 Å². The summed E-state index contributed by atoms with van der Waals surface area (Å²) in [6.07, 6.45) is 4.42. The van der Waals surface area contributed by atoms with Crippen LogP contribution in [0.15, 0.2) is 33.7 Å². The van der Waals surface area contributed by atoms with E-state index in [0.29, 0.717) is 12.0 Å². The summed E-state index contributed by atoms with van der Waals surface area (Å²) in [5.74, 6) is 3.29. The number of aromatic nitrogens is 3. The lowest BCUT2D eigenvalue weighted by molar-refractivity contribution is 0.391. The van der Waals surface area contributed by atoms with Gasteiger partial charge in [-0.3, -0.25) is 4.99 Å². The number of hydrogen-bond donors (Lipinski definition) is 2. The number of nitrogens with one attached hydrogen (secondary N) is 2. The minimum atomic E-state index is 0. The third kappa shape index (κ3) is 4.95. The Balaban J connectivity index is 0.00000240. The van der Waals surface area contributed by atoms with Gasteiger partial charge in [-0.05, 0) is 30.9 Å². The van der Waals surface area contributed by atoms with E-state index in [1.54, 1.807) is 0 Å². The van der Waals surface area contributed by atoms with Crippen LogP contribution in [-0.4, -0.2) is 40.4 Å². The van der Waals surface area contributed by atoms with E-state index in [-0.39, 0.29) is 29.4 Å². The molecule has 1 fully saturated rings. The molecule has 1 aromatic carbocycles. The summed E-state index contributed by atoms with van der Waals surface area (Å²) in [6.45, 7) is 6.02. The van der Waals surface area contributed by atoms with Crippen molar-refractivity contribution in [3.05, 3.63) is 46.0 Å². The number of benzene rings is 1. The summed E-state index contributed by atoms with van der Waals surface area (Å²) in [5.41, 5.74) is 1.61. The van der Waals surface area contributed by atoms with Gasteiger partial charge in [0, 0.05) is 41.9 Å². The number of rotatable bonds is 5. The molecule has 1 atom stereocenters. The number of hydrogen-bond acceptors (Lipinski definition) is 3. The van der Waals surface area contributed by atoms with Crippen molar-refractivity contribution >= 4 is 45.9 Å². The Kier molecular flexibility index (Phi) is 7.24. The van der Waals surface area contributed by atoms with Crippen molar-refractivity contribution in [1.82, 2.24) is 25.4 Å². The molecule has 0 bridgehead atoms. The Morgan fingerprint density at radius 3 is 2.76 bits per heavy atom. The lowest BCUT2D eigenvalue weighted by Crippen LogP contribution is -2.48. The van der Waals surface area contributed by atoms with Crippen molar-refractivity contribution in [2.75, 3.05) is 13.6 Å². The first kappa shape index (κ1) is 22.5. The summed E-state index contributed by atoms with van der Waals surface area (Å²) < 4.78 is 3.26. The van der Waals surface area contributed by atoms with Gasteiger partial charge in [-0.15, -0.1) is 24.0 Å². The fourth-order valence-corrected chi connectivity index (χ4v) is 4.62. The fourth-order valence-electron chi connectivity index (χ4n) is 3.92. The molecule has 0 amide bonds. The molecule has 2 heterocycles. The minimum absolute atomic E-state index is 0. The van der Waals surface area contributed by atoms with E-state index in [9.17, 15) is 0 Å². The highest BCUT2D eigenvalue weighted by Crippen LogP contribution is 2.49. The third-order valence-electron chi connectivity index (χ3n) is 5.85. The summed E-state index contributed by atoms with van der Waals surface area (Å²) >= 11 is 3.71. The highest BCUT2D eigenvalue weighted by molar-refractivity contribution is 14.0. The average molecular weight is 573 g/mol. The lowest BCUT2D eigenvalue weighted by Gasteiger charge is -2.26. The molecule has 4 rings (SSSR count). The van der Waals surface area contributed by atoms with E-state index in [4.69, 9.17) is 0 Å². The van der Waals surface area contributed by atoms with Gasteiger partial charge in [0.25, 0.3) is 0 Å². The maximum absolute atomic E-state index is 4.68. The number of guanidine groups is 1. The topological polar surface area (TPSA) is 67.1 Å². The normalized spacial score (nSPS) is 20.0. The van der Waals surface area contributed by atoms with Crippen LogP contribution in [0.1, 0.15) is 56.2 Å². The van der Waals surface area contributed by atoms with Crippen LogP contribution in [0.5, 0.6) is 0 Å². The first-order chi connectivity index (χ1) is 13.5. The third-order valence-corrected chi connectivity index (χ3v) is 6.54. The van der Waals surface area contributed by atoms with Gasteiger partial charge in [-0.2, -0.15) is 5.10 Å². The van der Waals surface area contributed by atoms with Crippen molar-refractivity contribution in [3.63, 3.8) is 0 Å². The van der Waals surface area contributed by atoms with Crippen molar-refractivity contribution in [1.29, 1.82) is 0 Å². The Morgan fingerprint density at radius 2 is 2.10 bits per heavy atom. The molecule has 1 saturated carbocycles. The molecule has 29 heavy (non-hydrogen) atoms. The van der Waals surface area contributed by atoms with Crippen LogP contribution >= 0.6 is 39.9 Å². The quantitative estimate of drug-likeness (QED) is 0.323. The molecule has 6 nitrogen and oxygen atoms in total. The van der Waals surface area contributed by atoms with E-state index in [1.807, 2.05) is 7.05 Å². The lowest BCUT2D eigenvalue weighted by atomic mass is 9.96. The van der Waals surface area contributed by atoms with Crippen LogP contribution in [-0.2, 0) is 18.4 Å². The maximum Gasteiger partial charge on any atom is 0.191 e. The molecule has 1 aliphatic heterocycles. The fraction of sp³-hybridized carbons (Fsp3) is 0.571. The minimum Gasteiger partial charge on any atom is -0.356 e. The molecule has 1 aromatic heterocycles. The molecule has 0 saturated heterocycles. The van der Waals surface area contributed by atoms with Gasteiger partial charge in [0.05, 0.1) is 6.54 Å². The van der Waals surface area contributed by atoms with E-state index in [1.165, 1.54) is 22.9 Å². The largest absolute Gasteiger partial charge is 0.356 e. The number of halogens is 2. The molecular weight excluding hydrogens is 543 g/mol. The molecule has 1 aliphatic carbocycles. The van der Waals surface area contributed by atoms with Gasteiger partial charge < -0.3 is 10.6 Å². The van der Waals surface area contributed by atoms with Crippen LogP contribution in [0.2, 0.25) is 0 Å². The van der Waals surface area contributed by atoms with Crippen LogP contribution in [0.3, 0.4) is 0 Å². The van der Waals surface area contributed by atoms with Crippen LogP contribution in [0.4, 0.5) is 0 Å². The van der Waals surface area contributed by atoms with Gasteiger partial charge >= 0.3 is 0 Å². The van der Waals surface area contributed by atoms with E-state index in [2.05, 4.69) is 84.4 Å². The van der Waals surface area contributed by atoms with E-state index in [0.717, 1.165) is 43.5 Å². The first-order valence-corrected chi connectivity index (χ1v) is 11.0. The monoisotopic (exact) mass is 572 g/mol. The van der Waals surface area contributed by atoms with Gasteiger partial charge in [0.15, 0.2) is 11.8 Å². The highest BCUT2D eigenvalue weighted by atomic mass is 127. The SMILES string of the molecule is CN=C(NCC1(c2ccccc2Br)CC1)NC1CCc2nc(C(C)C)nn2C1.I. The second kappa shape index (κ2) is 9.32. The molecule has 2 N–H and O–H groups in total. The molecule has 158 valence electrons. The summed E-state index contributed by atoms with van der Waals surface area (Å²) in [7, 11) is 1.84. The zero-order valence-corrected chi connectivity index (χ0v) is 21.2. The van der Waals surface area contributed by atoms with Crippen molar-refractivity contribution in [2.24, 2.45) is 4.99 Å². The Bertz CT molecular complexity index is 874. The van der Waals surface area contributed by atoms with Crippen LogP contribution in [0, 0.1) is 0 Å². The highest BCUT2D eigenvalue weighted by Gasteiger charge is 2.45. The Labute approximate surface area is 198 Å². The number of aliphatic imine (C=N–C) groups is 1. The number of nitrogens with zero attached hydrogens (tertiary/aromatic N) is 4. The second-order valence-electron chi connectivity index (χ2n) is 8.29. The van der Waals surface area contributed by atoms with E-state index >= 15 is 0 Å². The second-order valence-corrected chi connectivity index (χ2v) is 9.14. The zero-order chi connectivity index (χ0) is 19.7. The summed E-state index contributed by atoms with van der Waals surface area (Å²) in [5, 5.41) is 11.8. The van der Waals surface area contributed by atoms with E-state index < -0.39 is 0 Å². The predicted octanol–water partition coefficient (Wildman–Crippen LogP) is 3.99. The molecule has 2 aromatic rings. The number of aryl methyl sites for hydroxylation is 1. The predicted molar refractivity (Wildman–Crippen MR) is 131 cm³/mol. The molecule has 1 unspecified atom stereocenters.